The van der Waals surface area contributed by atoms with Gasteiger partial charge in [-0.15, -0.1) is 0 Å². The maximum atomic E-state index is 12.6. The summed E-state index contributed by atoms with van der Waals surface area (Å²) >= 11 is 0. The number of fused-ring (bicyclic) bond motifs is 1. The highest BCUT2D eigenvalue weighted by Crippen LogP contribution is 2.34. The van der Waals surface area contributed by atoms with E-state index in [2.05, 4.69) is 11.8 Å². The van der Waals surface area contributed by atoms with Crippen LogP contribution in [0, 0.1) is 0 Å². The molecule has 0 radical (unpaired) electrons. The Balaban J connectivity index is 1.65. The van der Waals surface area contributed by atoms with Gasteiger partial charge in [0.25, 0.3) is 0 Å². The van der Waals surface area contributed by atoms with E-state index in [1.54, 1.807) is 16.8 Å². The molecule has 26 heavy (non-hydrogen) atoms. The second-order valence-electron chi connectivity index (χ2n) is 7.15. The Bertz CT molecular complexity index is 903. The van der Waals surface area contributed by atoms with Gasteiger partial charge in [-0.3, -0.25) is 9.47 Å². The maximum absolute atomic E-state index is 12.6. The summed E-state index contributed by atoms with van der Waals surface area (Å²) in [5.41, 5.74) is 2.86. The predicted octanol–water partition coefficient (Wildman–Crippen LogP) is 3.77. The van der Waals surface area contributed by atoms with Crippen LogP contribution in [-0.2, 0) is 0 Å². The Morgan fingerprint density at radius 1 is 1.27 bits per heavy atom. The lowest BCUT2D eigenvalue weighted by atomic mass is 9.88. The zero-order valence-corrected chi connectivity index (χ0v) is 15.1. The number of nitrogen functional groups attached to an aromatic ring is 1. The van der Waals surface area contributed by atoms with Crippen LogP contribution in [0.3, 0.4) is 0 Å². The van der Waals surface area contributed by atoms with Crippen molar-refractivity contribution in [3.05, 3.63) is 59.7 Å². The van der Waals surface area contributed by atoms with E-state index in [0.717, 1.165) is 36.8 Å². The van der Waals surface area contributed by atoms with E-state index in [1.165, 1.54) is 24.8 Å². The highest BCUT2D eigenvalue weighted by atomic mass is 16.3. The summed E-state index contributed by atoms with van der Waals surface area (Å²) in [6.45, 7) is 5.65. The number of aromatic nitrogens is 1. The zero-order valence-electron chi connectivity index (χ0n) is 15.1. The SMILES string of the molecule is CCCN1CCC(c2cn(N)c3ccc(C(=O)c4ccco4)cc23)CC1. The van der Waals surface area contributed by atoms with E-state index in [4.69, 9.17) is 10.3 Å². The number of nitrogens with zero attached hydrogens (tertiary/aromatic N) is 2. The lowest BCUT2D eigenvalue weighted by molar-refractivity contribution is 0.101. The monoisotopic (exact) mass is 351 g/mol. The molecular weight excluding hydrogens is 326 g/mol. The van der Waals surface area contributed by atoms with Gasteiger partial charge in [0.15, 0.2) is 5.76 Å². The summed E-state index contributed by atoms with van der Waals surface area (Å²) in [5, 5.41) is 1.08. The number of nitrogens with two attached hydrogens (primary N) is 1. The van der Waals surface area contributed by atoms with Crippen LogP contribution in [-0.4, -0.2) is 35.0 Å². The third-order valence-corrected chi connectivity index (χ3v) is 5.44. The second-order valence-corrected chi connectivity index (χ2v) is 7.15. The number of piperidine rings is 1. The predicted molar refractivity (Wildman–Crippen MR) is 103 cm³/mol. The molecule has 5 heteroatoms. The average molecular weight is 351 g/mol. The number of rotatable bonds is 5. The van der Waals surface area contributed by atoms with Crippen molar-refractivity contribution in [3.8, 4) is 0 Å². The number of carbonyl (C=O) groups excluding carboxylic acids is 1. The molecule has 3 aromatic rings. The van der Waals surface area contributed by atoms with Gasteiger partial charge in [-0.25, -0.2) is 0 Å². The summed E-state index contributed by atoms with van der Waals surface area (Å²) in [5.74, 6) is 6.95. The minimum absolute atomic E-state index is 0.0922. The Kier molecular flexibility index (Phi) is 4.55. The number of carbonyl (C=O) groups is 1. The van der Waals surface area contributed by atoms with Crippen molar-refractivity contribution in [1.82, 2.24) is 9.58 Å². The molecule has 0 aliphatic carbocycles. The normalized spacial score (nSPS) is 16.3. The van der Waals surface area contributed by atoms with Gasteiger partial charge in [-0.1, -0.05) is 6.92 Å². The van der Waals surface area contributed by atoms with E-state index in [1.807, 2.05) is 24.4 Å². The molecule has 0 amide bonds. The first-order chi connectivity index (χ1) is 12.7. The van der Waals surface area contributed by atoms with E-state index >= 15 is 0 Å². The molecule has 2 aromatic heterocycles. The fraction of sp³-hybridized carbons (Fsp3) is 0.381. The number of hydrogen-bond acceptors (Lipinski definition) is 4. The number of hydrogen-bond donors (Lipinski definition) is 1. The summed E-state index contributed by atoms with van der Waals surface area (Å²) < 4.78 is 6.95. The first-order valence-electron chi connectivity index (χ1n) is 9.38. The van der Waals surface area contributed by atoms with Crippen LogP contribution >= 0.6 is 0 Å². The van der Waals surface area contributed by atoms with Crippen molar-refractivity contribution in [1.29, 1.82) is 0 Å². The van der Waals surface area contributed by atoms with Gasteiger partial charge in [0, 0.05) is 17.1 Å². The Labute approximate surface area is 153 Å². The van der Waals surface area contributed by atoms with Crippen molar-refractivity contribution >= 4 is 16.7 Å². The lowest BCUT2D eigenvalue weighted by Gasteiger charge is -2.31. The Morgan fingerprint density at radius 3 is 2.77 bits per heavy atom. The van der Waals surface area contributed by atoms with Crippen molar-refractivity contribution in [3.63, 3.8) is 0 Å². The van der Waals surface area contributed by atoms with Crippen molar-refractivity contribution < 1.29 is 9.21 Å². The summed E-state index contributed by atoms with van der Waals surface area (Å²) in [7, 11) is 0. The van der Waals surface area contributed by atoms with Crippen molar-refractivity contribution in [2.45, 2.75) is 32.1 Å². The van der Waals surface area contributed by atoms with Gasteiger partial charge in [0.1, 0.15) is 0 Å². The molecule has 0 atom stereocenters. The van der Waals surface area contributed by atoms with E-state index in [9.17, 15) is 4.79 Å². The molecule has 0 bridgehead atoms. The minimum atomic E-state index is -0.0922. The second kappa shape index (κ2) is 7.00. The zero-order chi connectivity index (χ0) is 18.1. The molecule has 0 saturated carbocycles. The molecular formula is C21H25N3O2. The Hall–Kier alpha value is -2.53. The fourth-order valence-corrected chi connectivity index (χ4v) is 4.08. The average Bonchev–Trinajstić information content (AvgIpc) is 3.30. The molecule has 4 rings (SSSR count). The number of furan rings is 1. The Morgan fingerprint density at radius 2 is 2.08 bits per heavy atom. The van der Waals surface area contributed by atoms with Crippen LogP contribution < -0.4 is 5.84 Å². The van der Waals surface area contributed by atoms with Crippen LogP contribution in [0.25, 0.3) is 10.9 Å². The van der Waals surface area contributed by atoms with Crippen LogP contribution in [0.4, 0.5) is 0 Å². The summed E-state index contributed by atoms with van der Waals surface area (Å²) in [4.78, 5) is 15.2. The smallest absolute Gasteiger partial charge is 0.228 e. The number of ketones is 1. The van der Waals surface area contributed by atoms with Crippen molar-refractivity contribution in [2.75, 3.05) is 25.5 Å². The van der Waals surface area contributed by atoms with Crippen molar-refractivity contribution in [2.24, 2.45) is 0 Å². The van der Waals surface area contributed by atoms with Gasteiger partial charge in [-0.2, -0.15) is 0 Å². The van der Waals surface area contributed by atoms with Gasteiger partial charge in [0.05, 0.1) is 11.8 Å². The van der Waals surface area contributed by atoms with Crippen LogP contribution in [0.2, 0.25) is 0 Å². The van der Waals surface area contributed by atoms with E-state index < -0.39 is 0 Å². The minimum Gasteiger partial charge on any atom is -0.461 e. The molecule has 3 heterocycles. The summed E-state index contributed by atoms with van der Waals surface area (Å²) in [6.07, 6.45) is 7.03. The highest BCUT2D eigenvalue weighted by molar-refractivity contribution is 6.09. The van der Waals surface area contributed by atoms with Crippen LogP contribution in [0.5, 0.6) is 0 Å². The van der Waals surface area contributed by atoms with Gasteiger partial charge in [0.2, 0.25) is 5.78 Å². The van der Waals surface area contributed by atoms with Gasteiger partial charge < -0.3 is 15.2 Å². The molecule has 0 unspecified atom stereocenters. The molecule has 5 nitrogen and oxygen atoms in total. The topological polar surface area (TPSA) is 64.4 Å². The third kappa shape index (κ3) is 3.03. The van der Waals surface area contributed by atoms with E-state index in [0.29, 0.717) is 17.2 Å². The lowest BCUT2D eigenvalue weighted by Crippen LogP contribution is -2.33. The number of likely N-dealkylation sites (tertiary alicyclic amines) is 1. The van der Waals surface area contributed by atoms with Gasteiger partial charge >= 0.3 is 0 Å². The first kappa shape index (κ1) is 16.9. The third-order valence-electron chi connectivity index (χ3n) is 5.44. The molecule has 1 fully saturated rings. The molecule has 1 saturated heterocycles. The maximum Gasteiger partial charge on any atom is 0.228 e. The molecule has 1 aromatic carbocycles. The highest BCUT2D eigenvalue weighted by Gasteiger charge is 2.24. The molecule has 136 valence electrons. The number of benzene rings is 1. The molecule has 2 N–H and O–H groups in total. The first-order valence-corrected chi connectivity index (χ1v) is 9.38. The van der Waals surface area contributed by atoms with Crippen LogP contribution in [0.1, 0.15) is 53.8 Å². The molecule has 1 aliphatic heterocycles. The van der Waals surface area contributed by atoms with E-state index in [-0.39, 0.29) is 5.78 Å². The fourth-order valence-electron chi connectivity index (χ4n) is 4.08. The molecule has 1 aliphatic rings. The molecule has 0 spiro atoms. The summed E-state index contributed by atoms with van der Waals surface area (Å²) in [6, 6.07) is 9.16. The van der Waals surface area contributed by atoms with Gasteiger partial charge in [-0.05, 0) is 80.7 Å². The largest absolute Gasteiger partial charge is 0.461 e. The standard InChI is InChI=1S/C21H25N3O2/c1-2-9-23-10-7-15(8-11-23)18-14-24(22)19-6-5-16(13-17(18)19)21(25)20-4-3-12-26-20/h3-6,12-15H,2,7-11,22H2,1H3. The van der Waals surface area contributed by atoms with Crippen LogP contribution in [0.15, 0.2) is 47.2 Å². The quantitative estimate of drug-likeness (QED) is 0.561.